The molecule has 4 rings (SSSR count). The summed E-state index contributed by atoms with van der Waals surface area (Å²) in [7, 11) is 7.61. The van der Waals surface area contributed by atoms with Crippen molar-refractivity contribution in [2.45, 2.75) is 13.0 Å². The van der Waals surface area contributed by atoms with Crippen LogP contribution in [-0.4, -0.2) is 49.3 Å². The fourth-order valence-corrected chi connectivity index (χ4v) is 4.19. The van der Waals surface area contributed by atoms with Crippen molar-refractivity contribution in [2.24, 2.45) is 0 Å². The number of likely N-dealkylation sites (N-methyl/N-ethyl adjacent to an activating group) is 1. The van der Waals surface area contributed by atoms with E-state index in [0.29, 0.717) is 0 Å². The molecule has 1 unspecified atom stereocenters. The van der Waals surface area contributed by atoms with Gasteiger partial charge in [-0.25, -0.2) is 0 Å². The summed E-state index contributed by atoms with van der Waals surface area (Å²) in [6.07, 6.45) is 6.05. The summed E-state index contributed by atoms with van der Waals surface area (Å²) >= 11 is 0. The third-order valence-corrected chi connectivity index (χ3v) is 5.59. The molecule has 0 aliphatic heterocycles. The molecule has 2 aromatic carbocycles. The number of ether oxygens (including phenoxy) is 2. The Kier molecular flexibility index (Phi) is 5.96. The third kappa shape index (κ3) is 4.14. The van der Waals surface area contributed by atoms with Gasteiger partial charge in [0.2, 0.25) is 0 Å². The van der Waals surface area contributed by atoms with Crippen LogP contribution in [0.1, 0.15) is 13.0 Å². The predicted octanol–water partition coefficient (Wildman–Crippen LogP) is 5.51. The fourth-order valence-electron chi connectivity index (χ4n) is 4.19. The predicted molar refractivity (Wildman–Crippen MR) is 127 cm³/mol. The minimum atomic E-state index is 0.289. The molecule has 0 N–H and O–H groups in total. The standard InChI is InChI=1S/C26H29N3O2/c1-18(16-28(2)3)29-17-24(23-10-7-11-25(31-5)26(23)29)21-12-20(14-27-15-21)19-8-6-9-22(13-19)30-4/h6-15,17-18H,16H2,1-5H3. The Bertz CT molecular complexity index is 1200. The molecule has 1 atom stereocenters. The van der Waals surface area contributed by atoms with E-state index in [1.165, 1.54) is 0 Å². The van der Waals surface area contributed by atoms with E-state index in [4.69, 9.17) is 9.47 Å². The zero-order chi connectivity index (χ0) is 22.0. The van der Waals surface area contributed by atoms with Crippen LogP contribution in [0, 0.1) is 0 Å². The molecule has 0 saturated heterocycles. The van der Waals surface area contributed by atoms with Crippen LogP contribution in [0.25, 0.3) is 33.2 Å². The summed E-state index contributed by atoms with van der Waals surface area (Å²) in [5, 5.41) is 1.16. The van der Waals surface area contributed by atoms with Crippen LogP contribution in [0.2, 0.25) is 0 Å². The number of aromatic nitrogens is 2. The highest BCUT2D eigenvalue weighted by atomic mass is 16.5. The maximum absolute atomic E-state index is 5.73. The minimum Gasteiger partial charge on any atom is -0.497 e. The molecule has 0 amide bonds. The Balaban J connectivity index is 1.87. The number of para-hydroxylation sites is 1. The summed E-state index contributed by atoms with van der Waals surface area (Å²) in [5.41, 5.74) is 5.48. The lowest BCUT2D eigenvalue weighted by Crippen LogP contribution is -2.22. The number of pyridine rings is 1. The van der Waals surface area contributed by atoms with Gasteiger partial charge in [-0.3, -0.25) is 4.98 Å². The van der Waals surface area contributed by atoms with E-state index < -0.39 is 0 Å². The highest BCUT2D eigenvalue weighted by Crippen LogP contribution is 2.38. The van der Waals surface area contributed by atoms with Gasteiger partial charge in [-0.05, 0) is 50.8 Å². The molecular formula is C26H29N3O2. The largest absolute Gasteiger partial charge is 0.497 e. The van der Waals surface area contributed by atoms with Gasteiger partial charge < -0.3 is 18.9 Å². The summed E-state index contributed by atoms with van der Waals surface area (Å²) < 4.78 is 13.4. The van der Waals surface area contributed by atoms with Crippen LogP contribution in [-0.2, 0) is 0 Å². The number of benzene rings is 2. The van der Waals surface area contributed by atoms with Crippen molar-refractivity contribution in [3.63, 3.8) is 0 Å². The van der Waals surface area contributed by atoms with Crippen molar-refractivity contribution in [3.05, 3.63) is 67.1 Å². The van der Waals surface area contributed by atoms with Crippen LogP contribution < -0.4 is 9.47 Å². The average molecular weight is 416 g/mol. The van der Waals surface area contributed by atoms with Gasteiger partial charge in [0.05, 0.1) is 19.7 Å². The van der Waals surface area contributed by atoms with E-state index in [9.17, 15) is 0 Å². The molecule has 2 heterocycles. The van der Waals surface area contributed by atoms with E-state index in [1.807, 2.05) is 42.7 Å². The van der Waals surface area contributed by atoms with Crippen LogP contribution in [0.4, 0.5) is 0 Å². The Morgan fingerprint density at radius 3 is 2.45 bits per heavy atom. The fraction of sp³-hybridized carbons (Fsp3) is 0.269. The second-order valence-electron chi connectivity index (χ2n) is 8.11. The van der Waals surface area contributed by atoms with Crippen molar-refractivity contribution in [2.75, 3.05) is 34.9 Å². The van der Waals surface area contributed by atoms with Gasteiger partial charge in [-0.15, -0.1) is 0 Å². The molecule has 160 valence electrons. The summed E-state index contributed by atoms with van der Waals surface area (Å²) in [6.45, 7) is 3.17. The van der Waals surface area contributed by atoms with Gasteiger partial charge in [-0.1, -0.05) is 24.3 Å². The number of hydrogen-bond acceptors (Lipinski definition) is 4. The Labute approximate surface area is 183 Å². The quantitative estimate of drug-likeness (QED) is 0.399. The summed E-state index contributed by atoms with van der Waals surface area (Å²) in [5.74, 6) is 1.72. The molecule has 0 saturated carbocycles. The van der Waals surface area contributed by atoms with Crippen molar-refractivity contribution < 1.29 is 9.47 Å². The Morgan fingerprint density at radius 1 is 0.935 bits per heavy atom. The highest BCUT2D eigenvalue weighted by Gasteiger charge is 2.18. The van der Waals surface area contributed by atoms with Crippen LogP contribution in [0.3, 0.4) is 0 Å². The summed E-state index contributed by atoms with van der Waals surface area (Å²) in [4.78, 5) is 6.76. The second kappa shape index (κ2) is 8.82. The molecule has 5 nitrogen and oxygen atoms in total. The number of hydrogen-bond donors (Lipinski definition) is 0. The van der Waals surface area contributed by atoms with E-state index >= 15 is 0 Å². The third-order valence-electron chi connectivity index (χ3n) is 5.59. The number of nitrogens with zero attached hydrogens (tertiary/aromatic N) is 3. The van der Waals surface area contributed by atoms with Crippen molar-refractivity contribution >= 4 is 10.9 Å². The van der Waals surface area contributed by atoms with E-state index in [2.05, 4.69) is 59.9 Å². The van der Waals surface area contributed by atoms with Gasteiger partial charge in [0.25, 0.3) is 0 Å². The first-order valence-corrected chi connectivity index (χ1v) is 10.4. The lowest BCUT2D eigenvalue weighted by Gasteiger charge is -2.20. The molecule has 2 aromatic heterocycles. The molecule has 0 fully saturated rings. The van der Waals surface area contributed by atoms with E-state index in [1.54, 1.807) is 14.2 Å². The molecule has 5 heteroatoms. The average Bonchev–Trinajstić information content (AvgIpc) is 3.19. The zero-order valence-electron chi connectivity index (χ0n) is 18.8. The smallest absolute Gasteiger partial charge is 0.143 e. The van der Waals surface area contributed by atoms with Crippen molar-refractivity contribution in [1.82, 2.24) is 14.5 Å². The molecule has 31 heavy (non-hydrogen) atoms. The maximum atomic E-state index is 5.73. The number of rotatable bonds is 7. The zero-order valence-corrected chi connectivity index (χ0v) is 18.8. The van der Waals surface area contributed by atoms with E-state index in [-0.39, 0.29) is 6.04 Å². The molecule has 0 spiro atoms. The first-order chi connectivity index (χ1) is 15.0. The van der Waals surface area contributed by atoms with Gasteiger partial charge in [-0.2, -0.15) is 0 Å². The lowest BCUT2D eigenvalue weighted by atomic mass is 10.0. The SMILES string of the molecule is COc1cccc(-c2cncc(-c3cn(C(C)CN(C)C)c4c(OC)cccc34)c2)c1. The van der Waals surface area contributed by atoms with Crippen molar-refractivity contribution in [3.8, 4) is 33.8 Å². The number of fused-ring (bicyclic) bond motifs is 1. The van der Waals surface area contributed by atoms with Gasteiger partial charge in [0, 0.05) is 53.3 Å². The van der Waals surface area contributed by atoms with Crippen LogP contribution >= 0.6 is 0 Å². The molecule has 0 radical (unpaired) electrons. The Morgan fingerprint density at radius 2 is 1.71 bits per heavy atom. The second-order valence-corrected chi connectivity index (χ2v) is 8.11. The van der Waals surface area contributed by atoms with Gasteiger partial charge in [0.15, 0.2) is 0 Å². The first kappa shape index (κ1) is 20.9. The molecule has 0 bridgehead atoms. The topological polar surface area (TPSA) is 39.5 Å². The number of methoxy groups -OCH3 is 2. The van der Waals surface area contributed by atoms with E-state index in [0.717, 1.165) is 51.2 Å². The Hall–Kier alpha value is -3.31. The summed E-state index contributed by atoms with van der Waals surface area (Å²) in [6, 6.07) is 16.8. The van der Waals surface area contributed by atoms with Crippen molar-refractivity contribution in [1.29, 1.82) is 0 Å². The van der Waals surface area contributed by atoms with Gasteiger partial charge in [0.1, 0.15) is 11.5 Å². The molecular weight excluding hydrogens is 386 g/mol. The molecule has 0 aliphatic carbocycles. The lowest BCUT2D eigenvalue weighted by molar-refractivity contribution is 0.339. The maximum Gasteiger partial charge on any atom is 0.143 e. The molecule has 4 aromatic rings. The van der Waals surface area contributed by atoms with Crippen LogP contribution in [0.15, 0.2) is 67.1 Å². The van der Waals surface area contributed by atoms with Gasteiger partial charge >= 0.3 is 0 Å². The van der Waals surface area contributed by atoms with Crippen LogP contribution in [0.5, 0.6) is 11.5 Å². The minimum absolute atomic E-state index is 0.289. The normalized spacial score (nSPS) is 12.3. The first-order valence-electron chi connectivity index (χ1n) is 10.4. The molecule has 0 aliphatic rings. The highest BCUT2D eigenvalue weighted by molar-refractivity contribution is 5.99. The monoisotopic (exact) mass is 415 g/mol.